The lowest BCUT2D eigenvalue weighted by molar-refractivity contribution is -0.139. The molecule has 0 amide bonds. The smallest absolute Gasteiger partial charge is 0.392 e. The van der Waals surface area contributed by atoms with Crippen molar-refractivity contribution >= 4 is 0 Å². The van der Waals surface area contributed by atoms with E-state index in [0.717, 1.165) is 5.56 Å². The van der Waals surface area contributed by atoms with Crippen LogP contribution in [-0.4, -0.2) is 17.9 Å². The minimum Gasteiger partial charge on any atom is -0.493 e. The first-order chi connectivity index (χ1) is 7.79. The highest BCUT2D eigenvalue weighted by molar-refractivity contribution is 5.38. The molecular weight excluding hydrogens is 233 g/mol. The van der Waals surface area contributed by atoms with Crippen molar-refractivity contribution in [3.63, 3.8) is 0 Å². The molecule has 1 aromatic rings. The van der Waals surface area contributed by atoms with Gasteiger partial charge in [0.1, 0.15) is 5.75 Å². The third-order valence-electron chi connectivity index (χ3n) is 2.26. The van der Waals surface area contributed by atoms with Gasteiger partial charge >= 0.3 is 6.18 Å². The third kappa shape index (κ3) is 4.65. The molecule has 0 aliphatic carbocycles. The Kier molecular flexibility index (Phi) is 4.40. The Hall–Kier alpha value is -1.23. The van der Waals surface area contributed by atoms with E-state index in [9.17, 15) is 18.3 Å². The number of alkyl halides is 3. The molecule has 2 nitrogen and oxygen atoms in total. The maximum Gasteiger partial charge on any atom is 0.392 e. The van der Waals surface area contributed by atoms with Gasteiger partial charge < -0.3 is 9.84 Å². The SMILES string of the molecule is Cc1ccc(OCCC(F)(F)F)c([C@@H](C)O)c1. The van der Waals surface area contributed by atoms with E-state index >= 15 is 0 Å². The maximum atomic E-state index is 12.0. The predicted molar refractivity (Wildman–Crippen MR) is 58.0 cm³/mol. The first kappa shape index (κ1) is 13.8. The highest BCUT2D eigenvalue weighted by Crippen LogP contribution is 2.27. The minimum atomic E-state index is -4.23. The summed E-state index contributed by atoms with van der Waals surface area (Å²) in [4.78, 5) is 0. The molecule has 0 bridgehead atoms. The fourth-order valence-corrected chi connectivity index (χ4v) is 1.40. The zero-order valence-corrected chi connectivity index (χ0v) is 9.71. The molecule has 1 N–H and O–H groups in total. The topological polar surface area (TPSA) is 29.5 Å². The van der Waals surface area contributed by atoms with Crippen molar-refractivity contribution in [2.75, 3.05) is 6.61 Å². The summed E-state index contributed by atoms with van der Waals surface area (Å²) in [6.07, 6.45) is -5.99. The standard InChI is InChI=1S/C12H15F3O2/c1-8-3-4-11(10(7-8)9(2)16)17-6-5-12(13,14)15/h3-4,7,9,16H,5-6H2,1-2H3/t9-/m1/s1. The van der Waals surface area contributed by atoms with Crippen molar-refractivity contribution in [3.8, 4) is 5.75 Å². The van der Waals surface area contributed by atoms with Crippen molar-refractivity contribution in [3.05, 3.63) is 29.3 Å². The summed E-state index contributed by atoms with van der Waals surface area (Å²) in [6.45, 7) is 2.95. The molecular formula is C12H15F3O2. The molecule has 1 rings (SSSR count). The second kappa shape index (κ2) is 5.40. The zero-order chi connectivity index (χ0) is 13.1. The summed E-state index contributed by atoms with van der Waals surface area (Å²) in [5.41, 5.74) is 1.43. The number of benzene rings is 1. The number of hydrogen-bond acceptors (Lipinski definition) is 2. The van der Waals surface area contributed by atoms with E-state index in [1.807, 2.05) is 6.92 Å². The van der Waals surface area contributed by atoms with Crippen LogP contribution in [0.4, 0.5) is 13.2 Å². The van der Waals surface area contributed by atoms with Gasteiger partial charge in [-0.05, 0) is 26.0 Å². The Morgan fingerprint density at radius 2 is 2.00 bits per heavy atom. The van der Waals surface area contributed by atoms with Crippen molar-refractivity contribution in [2.45, 2.75) is 32.5 Å². The molecule has 5 heteroatoms. The zero-order valence-electron chi connectivity index (χ0n) is 9.71. The van der Waals surface area contributed by atoms with Crippen LogP contribution in [0.15, 0.2) is 18.2 Å². The van der Waals surface area contributed by atoms with E-state index in [-0.39, 0.29) is 0 Å². The molecule has 0 saturated heterocycles. The van der Waals surface area contributed by atoms with Crippen LogP contribution in [0.3, 0.4) is 0 Å². The van der Waals surface area contributed by atoms with Crippen LogP contribution < -0.4 is 4.74 Å². The Balaban J connectivity index is 2.70. The van der Waals surface area contributed by atoms with Gasteiger partial charge in [0, 0.05) is 5.56 Å². The molecule has 0 radical (unpaired) electrons. The first-order valence-corrected chi connectivity index (χ1v) is 5.28. The van der Waals surface area contributed by atoms with Crippen LogP contribution in [0.25, 0.3) is 0 Å². The molecule has 96 valence electrons. The summed E-state index contributed by atoms with van der Waals surface area (Å²) in [7, 11) is 0. The number of ether oxygens (including phenoxy) is 1. The van der Waals surface area contributed by atoms with Gasteiger partial charge in [0.2, 0.25) is 0 Å². The molecule has 1 aromatic carbocycles. The number of hydrogen-bond donors (Lipinski definition) is 1. The number of halogens is 3. The van der Waals surface area contributed by atoms with Crippen LogP contribution in [-0.2, 0) is 0 Å². The van der Waals surface area contributed by atoms with Crippen LogP contribution >= 0.6 is 0 Å². The summed E-state index contributed by atoms with van der Waals surface area (Å²) >= 11 is 0. The highest BCUT2D eigenvalue weighted by atomic mass is 19.4. The fraction of sp³-hybridized carbons (Fsp3) is 0.500. The molecule has 0 spiro atoms. The van der Waals surface area contributed by atoms with Crippen LogP contribution in [0.5, 0.6) is 5.75 Å². The van der Waals surface area contributed by atoms with E-state index in [1.54, 1.807) is 25.1 Å². The molecule has 0 fully saturated rings. The van der Waals surface area contributed by atoms with Gasteiger partial charge in [0.05, 0.1) is 19.1 Å². The molecule has 0 heterocycles. The summed E-state index contributed by atoms with van der Waals surface area (Å²) in [5.74, 6) is 0.301. The van der Waals surface area contributed by atoms with Gasteiger partial charge in [-0.3, -0.25) is 0 Å². The van der Waals surface area contributed by atoms with Gasteiger partial charge in [0.25, 0.3) is 0 Å². The van der Waals surface area contributed by atoms with Crippen LogP contribution in [0.1, 0.15) is 30.6 Å². The normalized spacial score (nSPS) is 13.5. The number of rotatable bonds is 4. The Morgan fingerprint density at radius 1 is 1.35 bits per heavy atom. The maximum absolute atomic E-state index is 12.0. The van der Waals surface area contributed by atoms with Gasteiger partial charge in [-0.2, -0.15) is 13.2 Å². The van der Waals surface area contributed by atoms with Gasteiger partial charge in [0.15, 0.2) is 0 Å². The third-order valence-corrected chi connectivity index (χ3v) is 2.26. The fourth-order valence-electron chi connectivity index (χ4n) is 1.40. The van der Waals surface area contributed by atoms with Crippen molar-refractivity contribution in [1.82, 2.24) is 0 Å². The quantitative estimate of drug-likeness (QED) is 0.885. The number of aryl methyl sites for hydroxylation is 1. The molecule has 0 aliphatic heterocycles. The predicted octanol–water partition coefficient (Wildman–Crippen LogP) is 3.38. The van der Waals surface area contributed by atoms with Gasteiger partial charge in [-0.15, -0.1) is 0 Å². The molecule has 0 unspecified atom stereocenters. The van der Waals surface area contributed by atoms with E-state index in [4.69, 9.17) is 4.74 Å². The van der Waals surface area contributed by atoms with E-state index < -0.39 is 25.3 Å². The van der Waals surface area contributed by atoms with Crippen molar-refractivity contribution in [1.29, 1.82) is 0 Å². The minimum absolute atomic E-state index is 0.301. The van der Waals surface area contributed by atoms with E-state index in [2.05, 4.69) is 0 Å². The Morgan fingerprint density at radius 3 is 2.53 bits per heavy atom. The van der Waals surface area contributed by atoms with E-state index in [1.165, 1.54) is 0 Å². The average molecular weight is 248 g/mol. The molecule has 17 heavy (non-hydrogen) atoms. The largest absolute Gasteiger partial charge is 0.493 e. The van der Waals surface area contributed by atoms with E-state index in [0.29, 0.717) is 11.3 Å². The molecule has 1 atom stereocenters. The molecule has 0 aromatic heterocycles. The Bertz CT molecular complexity index is 373. The summed E-state index contributed by atoms with van der Waals surface area (Å²) in [6, 6.07) is 5.01. The van der Waals surface area contributed by atoms with Gasteiger partial charge in [-0.25, -0.2) is 0 Å². The highest BCUT2D eigenvalue weighted by Gasteiger charge is 2.27. The molecule has 0 saturated carbocycles. The van der Waals surface area contributed by atoms with Crippen molar-refractivity contribution in [2.24, 2.45) is 0 Å². The second-order valence-electron chi connectivity index (χ2n) is 3.93. The second-order valence-corrected chi connectivity index (χ2v) is 3.93. The molecule has 0 aliphatic rings. The average Bonchev–Trinajstić information content (AvgIpc) is 2.18. The summed E-state index contributed by atoms with van der Waals surface area (Å²) < 4.78 is 40.9. The van der Waals surface area contributed by atoms with Crippen molar-refractivity contribution < 1.29 is 23.0 Å². The number of aliphatic hydroxyl groups excluding tert-OH is 1. The summed E-state index contributed by atoms with van der Waals surface area (Å²) in [5, 5.41) is 9.49. The van der Waals surface area contributed by atoms with Crippen LogP contribution in [0, 0.1) is 6.92 Å². The van der Waals surface area contributed by atoms with Crippen LogP contribution in [0.2, 0.25) is 0 Å². The monoisotopic (exact) mass is 248 g/mol. The lowest BCUT2D eigenvalue weighted by atomic mass is 10.1. The number of aliphatic hydroxyl groups is 1. The van der Waals surface area contributed by atoms with Gasteiger partial charge in [-0.1, -0.05) is 11.6 Å². The first-order valence-electron chi connectivity index (χ1n) is 5.28. The lowest BCUT2D eigenvalue weighted by Crippen LogP contribution is -2.13. The Labute approximate surface area is 98.0 Å². The lowest BCUT2D eigenvalue weighted by Gasteiger charge is -2.14.